The van der Waals surface area contributed by atoms with Crippen LogP contribution in [-0.4, -0.2) is 57.9 Å². The molecule has 3 heterocycles. The first-order valence-corrected chi connectivity index (χ1v) is 9.07. The van der Waals surface area contributed by atoms with Crippen molar-refractivity contribution in [3.8, 4) is 0 Å². The topological polar surface area (TPSA) is 43.9 Å². The largest absolute Gasteiger partial charge is 0.327 e. The summed E-state index contributed by atoms with van der Waals surface area (Å²) in [6.45, 7) is 4.82. The standard InChI is InChI=1S/C19H25N3O2/c1-14-12-16(9-11-20(14)13-15-6-3-2-4-7-15)22-18(23)17-8-5-10-21(17)19(22)24/h2-4,6-7,14,16-17H,5,8-13H2,1H3/t14?,16?,17-/m1/s1. The van der Waals surface area contributed by atoms with Crippen LogP contribution in [0, 0.1) is 0 Å². The SMILES string of the molecule is CC1CC(N2C(=O)[C@H]3CCCN3C2=O)CCN1Cc1ccccc1. The Hall–Kier alpha value is -1.88. The van der Waals surface area contributed by atoms with E-state index in [0.717, 1.165) is 45.3 Å². The Bertz CT molecular complexity index is 611. The van der Waals surface area contributed by atoms with Gasteiger partial charge in [-0.3, -0.25) is 14.6 Å². The fourth-order valence-corrected chi connectivity index (χ4v) is 4.46. The molecule has 4 rings (SSSR count). The normalized spacial score (nSPS) is 31.0. The van der Waals surface area contributed by atoms with E-state index < -0.39 is 0 Å². The van der Waals surface area contributed by atoms with Gasteiger partial charge in [0.2, 0.25) is 0 Å². The average Bonchev–Trinajstić information content (AvgIpc) is 3.15. The van der Waals surface area contributed by atoms with E-state index in [0.29, 0.717) is 6.04 Å². The number of amides is 3. The highest BCUT2D eigenvalue weighted by Crippen LogP contribution is 2.32. The van der Waals surface area contributed by atoms with Gasteiger partial charge in [0.1, 0.15) is 6.04 Å². The van der Waals surface area contributed by atoms with Crippen molar-refractivity contribution in [1.29, 1.82) is 0 Å². The quantitative estimate of drug-likeness (QED) is 0.801. The molecule has 3 atom stereocenters. The fraction of sp³-hybridized carbons (Fsp3) is 0.579. The van der Waals surface area contributed by atoms with Gasteiger partial charge in [0.25, 0.3) is 5.91 Å². The maximum Gasteiger partial charge on any atom is 0.327 e. The van der Waals surface area contributed by atoms with Gasteiger partial charge in [-0.2, -0.15) is 0 Å². The summed E-state index contributed by atoms with van der Waals surface area (Å²) in [5.41, 5.74) is 1.32. The number of piperidine rings is 1. The molecule has 0 radical (unpaired) electrons. The predicted octanol–water partition coefficient (Wildman–Crippen LogP) is 2.47. The summed E-state index contributed by atoms with van der Waals surface area (Å²) >= 11 is 0. The van der Waals surface area contributed by atoms with Crippen LogP contribution in [0.5, 0.6) is 0 Å². The molecular weight excluding hydrogens is 302 g/mol. The molecule has 24 heavy (non-hydrogen) atoms. The Labute approximate surface area is 143 Å². The van der Waals surface area contributed by atoms with Gasteiger partial charge in [-0.15, -0.1) is 0 Å². The minimum atomic E-state index is -0.171. The van der Waals surface area contributed by atoms with Crippen LogP contribution in [0.2, 0.25) is 0 Å². The maximum absolute atomic E-state index is 12.6. The maximum atomic E-state index is 12.6. The lowest BCUT2D eigenvalue weighted by atomic mass is 9.96. The highest BCUT2D eigenvalue weighted by atomic mass is 16.2. The van der Waals surface area contributed by atoms with E-state index >= 15 is 0 Å². The third-order valence-corrected chi connectivity index (χ3v) is 5.81. The van der Waals surface area contributed by atoms with Crippen LogP contribution < -0.4 is 0 Å². The Morgan fingerprint density at radius 3 is 2.58 bits per heavy atom. The number of imide groups is 1. The molecule has 0 bridgehead atoms. The lowest BCUT2D eigenvalue weighted by Crippen LogP contribution is -2.51. The van der Waals surface area contributed by atoms with E-state index in [4.69, 9.17) is 0 Å². The van der Waals surface area contributed by atoms with Gasteiger partial charge in [-0.1, -0.05) is 30.3 Å². The molecule has 2 unspecified atom stereocenters. The number of hydrogen-bond donors (Lipinski definition) is 0. The van der Waals surface area contributed by atoms with Crippen molar-refractivity contribution in [3.63, 3.8) is 0 Å². The van der Waals surface area contributed by atoms with E-state index in [1.807, 2.05) is 6.07 Å². The van der Waals surface area contributed by atoms with E-state index in [1.54, 1.807) is 9.80 Å². The zero-order valence-corrected chi connectivity index (χ0v) is 14.2. The first-order valence-electron chi connectivity index (χ1n) is 9.07. The summed E-state index contributed by atoms with van der Waals surface area (Å²) in [5.74, 6) is 0.0474. The van der Waals surface area contributed by atoms with Crippen molar-refractivity contribution >= 4 is 11.9 Å². The van der Waals surface area contributed by atoms with Crippen molar-refractivity contribution in [2.24, 2.45) is 0 Å². The van der Waals surface area contributed by atoms with Crippen LogP contribution in [0.1, 0.15) is 38.2 Å². The molecule has 3 fully saturated rings. The summed E-state index contributed by atoms with van der Waals surface area (Å²) < 4.78 is 0. The molecule has 0 spiro atoms. The molecule has 3 aliphatic rings. The predicted molar refractivity (Wildman–Crippen MR) is 91.3 cm³/mol. The molecule has 3 saturated heterocycles. The summed E-state index contributed by atoms with van der Waals surface area (Å²) in [6, 6.07) is 10.7. The summed E-state index contributed by atoms with van der Waals surface area (Å²) in [5, 5.41) is 0. The highest BCUT2D eigenvalue weighted by molar-refractivity contribution is 6.04. The molecule has 0 N–H and O–H groups in total. The van der Waals surface area contributed by atoms with Crippen molar-refractivity contribution in [3.05, 3.63) is 35.9 Å². The number of likely N-dealkylation sites (tertiary alicyclic amines) is 1. The molecule has 0 saturated carbocycles. The molecule has 5 heteroatoms. The van der Waals surface area contributed by atoms with Crippen molar-refractivity contribution in [1.82, 2.24) is 14.7 Å². The molecule has 3 aliphatic heterocycles. The second kappa shape index (κ2) is 6.20. The lowest BCUT2D eigenvalue weighted by molar-refractivity contribution is -0.130. The summed E-state index contributed by atoms with van der Waals surface area (Å²) in [4.78, 5) is 31.0. The fourth-order valence-electron chi connectivity index (χ4n) is 4.46. The van der Waals surface area contributed by atoms with Crippen LogP contribution in [0.15, 0.2) is 30.3 Å². The third-order valence-electron chi connectivity index (χ3n) is 5.81. The van der Waals surface area contributed by atoms with Crippen molar-refractivity contribution < 1.29 is 9.59 Å². The molecule has 1 aromatic rings. The number of urea groups is 1. The van der Waals surface area contributed by atoms with Gasteiger partial charge in [-0.05, 0) is 38.2 Å². The van der Waals surface area contributed by atoms with E-state index in [1.165, 1.54) is 5.56 Å². The number of fused-ring (bicyclic) bond motifs is 1. The third kappa shape index (κ3) is 2.61. The number of carbonyl (C=O) groups is 2. The van der Waals surface area contributed by atoms with Crippen LogP contribution in [-0.2, 0) is 11.3 Å². The Morgan fingerprint density at radius 2 is 1.88 bits per heavy atom. The molecule has 5 nitrogen and oxygen atoms in total. The smallest absolute Gasteiger partial charge is 0.312 e. The van der Waals surface area contributed by atoms with E-state index in [9.17, 15) is 9.59 Å². The summed E-state index contributed by atoms with van der Waals surface area (Å²) in [6.07, 6.45) is 3.56. The zero-order valence-electron chi connectivity index (χ0n) is 14.2. The number of carbonyl (C=O) groups excluding carboxylic acids is 2. The first-order chi connectivity index (χ1) is 11.6. The van der Waals surface area contributed by atoms with Crippen LogP contribution >= 0.6 is 0 Å². The van der Waals surface area contributed by atoms with Gasteiger partial charge in [0, 0.05) is 31.7 Å². The monoisotopic (exact) mass is 327 g/mol. The highest BCUT2D eigenvalue weighted by Gasteiger charge is 2.50. The minimum Gasteiger partial charge on any atom is -0.312 e. The van der Waals surface area contributed by atoms with E-state index in [-0.39, 0.29) is 24.0 Å². The second-order valence-corrected chi connectivity index (χ2v) is 7.33. The molecule has 1 aromatic carbocycles. The first kappa shape index (κ1) is 15.6. The van der Waals surface area contributed by atoms with Crippen LogP contribution in [0.3, 0.4) is 0 Å². The average molecular weight is 327 g/mol. The Balaban J connectivity index is 1.41. The number of benzene rings is 1. The molecule has 128 valence electrons. The zero-order chi connectivity index (χ0) is 16.7. The van der Waals surface area contributed by atoms with Gasteiger partial charge in [-0.25, -0.2) is 4.79 Å². The molecular formula is C19H25N3O2. The molecule has 0 aliphatic carbocycles. The Kier molecular flexibility index (Phi) is 4.04. The Morgan fingerprint density at radius 1 is 1.08 bits per heavy atom. The van der Waals surface area contributed by atoms with Crippen LogP contribution in [0.25, 0.3) is 0 Å². The van der Waals surface area contributed by atoms with Crippen molar-refractivity contribution in [2.45, 2.75) is 57.3 Å². The van der Waals surface area contributed by atoms with Crippen LogP contribution in [0.4, 0.5) is 4.79 Å². The number of rotatable bonds is 3. The molecule has 3 amide bonds. The minimum absolute atomic E-state index is 0.0452. The van der Waals surface area contributed by atoms with Gasteiger partial charge >= 0.3 is 6.03 Å². The molecule has 0 aromatic heterocycles. The van der Waals surface area contributed by atoms with E-state index in [2.05, 4.69) is 36.1 Å². The summed E-state index contributed by atoms with van der Waals surface area (Å²) in [7, 11) is 0. The van der Waals surface area contributed by atoms with Gasteiger partial charge in [0.15, 0.2) is 0 Å². The number of hydrogen-bond acceptors (Lipinski definition) is 3. The van der Waals surface area contributed by atoms with Crippen molar-refractivity contribution in [2.75, 3.05) is 13.1 Å². The van der Waals surface area contributed by atoms with Gasteiger partial charge in [0.05, 0.1) is 0 Å². The lowest BCUT2D eigenvalue weighted by Gasteiger charge is -2.40. The van der Waals surface area contributed by atoms with Gasteiger partial charge < -0.3 is 4.90 Å². The second-order valence-electron chi connectivity index (χ2n) is 7.33. The number of nitrogens with zero attached hydrogens (tertiary/aromatic N) is 3.